The molecular formula is C10H16N2O2. The summed E-state index contributed by atoms with van der Waals surface area (Å²) in [6.07, 6.45) is 4.61. The van der Waals surface area contributed by atoms with Gasteiger partial charge in [0.1, 0.15) is 5.76 Å². The summed E-state index contributed by atoms with van der Waals surface area (Å²) in [6, 6.07) is 0. The lowest BCUT2D eigenvalue weighted by Crippen LogP contribution is -2.28. The van der Waals surface area contributed by atoms with Gasteiger partial charge in [-0.15, -0.1) is 0 Å². The number of aromatic nitrogens is 1. The monoisotopic (exact) mass is 196 g/mol. The van der Waals surface area contributed by atoms with E-state index in [2.05, 4.69) is 10.3 Å². The fourth-order valence-corrected chi connectivity index (χ4v) is 1.80. The molecule has 1 unspecified atom stereocenters. The highest BCUT2D eigenvalue weighted by molar-refractivity contribution is 5.01. The van der Waals surface area contributed by atoms with E-state index in [9.17, 15) is 0 Å². The number of hydrogen-bond acceptors (Lipinski definition) is 4. The molecular weight excluding hydrogens is 180 g/mol. The van der Waals surface area contributed by atoms with Crippen molar-refractivity contribution in [2.24, 2.45) is 0 Å². The van der Waals surface area contributed by atoms with Gasteiger partial charge in [0.25, 0.3) is 0 Å². The first-order chi connectivity index (χ1) is 6.90. The second-order valence-corrected chi connectivity index (χ2v) is 3.68. The van der Waals surface area contributed by atoms with Gasteiger partial charge in [-0.05, 0) is 19.4 Å². The summed E-state index contributed by atoms with van der Waals surface area (Å²) in [5, 5.41) is 12.1. The van der Waals surface area contributed by atoms with Crippen LogP contribution >= 0.6 is 0 Å². The van der Waals surface area contributed by atoms with Crippen molar-refractivity contribution in [1.29, 1.82) is 0 Å². The molecule has 0 spiro atoms. The van der Waals surface area contributed by atoms with Gasteiger partial charge >= 0.3 is 0 Å². The zero-order valence-corrected chi connectivity index (χ0v) is 8.20. The summed E-state index contributed by atoms with van der Waals surface area (Å²) in [7, 11) is 0. The molecule has 1 atom stereocenters. The van der Waals surface area contributed by atoms with E-state index in [0.717, 1.165) is 31.2 Å². The minimum absolute atomic E-state index is 0.123. The number of nitrogens with zero attached hydrogens (tertiary/aromatic N) is 1. The number of nitrogens with one attached hydrogen (secondary N) is 1. The summed E-state index contributed by atoms with van der Waals surface area (Å²) in [5.74, 6) is 2.02. The van der Waals surface area contributed by atoms with Crippen molar-refractivity contribution < 1.29 is 9.52 Å². The van der Waals surface area contributed by atoms with Gasteiger partial charge in [-0.2, -0.15) is 0 Å². The highest BCUT2D eigenvalue weighted by atomic mass is 16.4. The third kappa shape index (κ3) is 2.13. The Morgan fingerprint density at radius 1 is 1.64 bits per heavy atom. The number of aliphatic hydroxyl groups is 1. The van der Waals surface area contributed by atoms with Crippen molar-refractivity contribution in [2.75, 3.05) is 19.7 Å². The third-order valence-corrected chi connectivity index (χ3v) is 2.58. The second-order valence-electron chi connectivity index (χ2n) is 3.68. The molecule has 0 radical (unpaired) electrons. The second kappa shape index (κ2) is 4.57. The molecule has 1 saturated heterocycles. The Kier molecular flexibility index (Phi) is 3.16. The molecule has 0 amide bonds. The SMILES string of the molecule is OCCc1cnc(C2CCCNC2)o1. The van der Waals surface area contributed by atoms with E-state index in [1.165, 1.54) is 6.42 Å². The maximum atomic E-state index is 8.74. The van der Waals surface area contributed by atoms with Crippen LogP contribution in [-0.4, -0.2) is 29.8 Å². The molecule has 1 aromatic rings. The van der Waals surface area contributed by atoms with Crippen molar-refractivity contribution in [1.82, 2.24) is 10.3 Å². The Morgan fingerprint density at radius 3 is 3.29 bits per heavy atom. The molecule has 2 rings (SSSR count). The van der Waals surface area contributed by atoms with Crippen LogP contribution in [0.1, 0.15) is 30.4 Å². The van der Waals surface area contributed by atoms with Crippen molar-refractivity contribution in [3.05, 3.63) is 17.8 Å². The Morgan fingerprint density at radius 2 is 2.57 bits per heavy atom. The minimum Gasteiger partial charge on any atom is -0.445 e. The van der Waals surface area contributed by atoms with Gasteiger partial charge < -0.3 is 14.8 Å². The van der Waals surface area contributed by atoms with Crippen LogP contribution in [0.5, 0.6) is 0 Å². The van der Waals surface area contributed by atoms with E-state index in [-0.39, 0.29) is 6.61 Å². The number of hydrogen-bond donors (Lipinski definition) is 2. The molecule has 0 aromatic carbocycles. The zero-order valence-electron chi connectivity index (χ0n) is 8.20. The molecule has 1 aliphatic rings. The molecule has 0 saturated carbocycles. The summed E-state index contributed by atoms with van der Waals surface area (Å²) < 4.78 is 5.55. The molecule has 14 heavy (non-hydrogen) atoms. The fraction of sp³-hybridized carbons (Fsp3) is 0.700. The smallest absolute Gasteiger partial charge is 0.198 e. The van der Waals surface area contributed by atoms with Crippen molar-refractivity contribution in [3.8, 4) is 0 Å². The number of piperidine rings is 1. The molecule has 1 fully saturated rings. The Hall–Kier alpha value is -0.870. The Bertz CT molecular complexity index is 279. The van der Waals surface area contributed by atoms with Crippen LogP contribution in [0.15, 0.2) is 10.6 Å². The highest BCUT2D eigenvalue weighted by Gasteiger charge is 2.19. The number of aliphatic hydroxyl groups excluding tert-OH is 1. The molecule has 78 valence electrons. The van der Waals surface area contributed by atoms with Crippen LogP contribution in [-0.2, 0) is 6.42 Å². The van der Waals surface area contributed by atoms with Crippen LogP contribution in [0, 0.1) is 0 Å². The predicted octanol–water partition coefficient (Wildman–Crippen LogP) is 0.676. The normalized spacial score (nSPS) is 22.5. The van der Waals surface area contributed by atoms with E-state index in [0.29, 0.717) is 12.3 Å². The molecule has 2 N–H and O–H groups in total. The minimum atomic E-state index is 0.123. The fourth-order valence-electron chi connectivity index (χ4n) is 1.80. The zero-order chi connectivity index (χ0) is 9.80. The predicted molar refractivity (Wildman–Crippen MR) is 52.1 cm³/mol. The maximum absolute atomic E-state index is 8.74. The van der Waals surface area contributed by atoms with E-state index in [1.54, 1.807) is 6.20 Å². The lowest BCUT2D eigenvalue weighted by Gasteiger charge is -2.19. The largest absolute Gasteiger partial charge is 0.445 e. The van der Waals surface area contributed by atoms with Gasteiger partial charge in [-0.25, -0.2) is 4.98 Å². The molecule has 0 aliphatic carbocycles. The lowest BCUT2D eigenvalue weighted by molar-refractivity contribution is 0.282. The average molecular weight is 196 g/mol. The molecule has 0 bridgehead atoms. The molecule has 1 aliphatic heterocycles. The van der Waals surface area contributed by atoms with E-state index >= 15 is 0 Å². The van der Waals surface area contributed by atoms with E-state index < -0.39 is 0 Å². The maximum Gasteiger partial charge on any atom is 0.198 e. The Balaban J connectivity index is 2.00. The van der Waals surface area contributed by atoms with Crippen LogP contribution in [0.3, 0.4) is 0 Å². The Labute approximate surface area is 83.3 Å². The first kappa shape index (κ1) is 9.68. The molecule has 4 nitrogen and oxygen atoms in total. The van der Waals surface area contributed by atoms with Crippen molar-refractivity contribution in [3.63, 3.8) is 0 Å². The van der Waals surface area contributed by atoms with E-state index in [4.69, 9.17) is 9.52 Å². The highest BCUT2D eigenvalue weighted by Crippen LogP contribution is 2.22. The first-order valence-electron chi connectivity index (χ1n) is 5.16. The standard InChI is InChI=1S/C10H16N2O2/c13-5-3-9-7-12-10(14-9)8-2-1-4-11-6-8/h7-8,11,13H,1-6H2. The first-order valence-corrected chi connectivity index (χ1v) is 5.16. The van der Waals surface area contributed by atoms with E-state index in [1.807, 2.05) is 0 Å². The van der Waals surface area contributed by atoms with Gasteiger partial charge in [0.15, 0.2) is 5.89 Å². The molecule has 4 heteroatoms. The van der Waals surface area contributed by atoms with Gasteiger partial charge in [0.05, 0.1) is 12.8 Å². The van der Waals surface area contributed by atoms with Crippen molar-refractivity contribution >= 4 is 0 Å². The van der Waals surface area contributed by atoms with Crippen LogP contribution < -0.4 is 5.32 Å². The van der Waals surface area contributed by atoms with Gasteiger partial charge in [-0.3, -0.25) is 0 Å². The lowest BCUT2D eigenvalue weighted by atomic mass is 10.00. The van der Waals surface area contributed by atoms with Crippen LogP contribution in [0.2, 0.25) is 0 Å². The number of rotatable bonds is 3. The third-order valence-electron chi connectivity index (χ3n) is 2.58. The summed E-state index contributed by atoms with van der Waals surface area (Å²) in [5.41, 5.74) is 0. The van der Waals surface area contributed by atoms with Gasteiger partial charge in [0, 0.05) is 18.9 Å². The van der Waals surface area contributed by atoms with Crippen LogP contribution in [0.25, 0.3) is 0 Å². The molecule has 2 heterocycles. The quantitative estimate of drug-likeness (QED) is 0.746. The van der Waals surface area contributed by atoms with Gasteiger partial charge in [0.2, 0.25) is 0 Å². The summed E-state index contributed by atoms with van der Waals surface area (Å²) in [4.78, 5) is 4.24. The topological polar surface area (TPSA) is 58.3 Å². The van der Waals surface area contributed by atoms with Gasteiger partial charge in [-0.1, -0.05) is 0 Å². The summed E-state index contributed by atoms with van der Waals surface area (Å²) >= 11 is 0. The average Bonchev–Trinajstić information content (AvgIpc) is 2.68. The van der Waals surface area contributed by atoms with Crippen LogP contribution in [0.4, 0.5) is 0 Å². The van der Waals surface area contributed by atoms with Crippen molar-refractivity contribution in [2.45, 2.75) is 25.2 Å². The molecule has 1 aromatic heterocycles. The number of oxazole rings is 1. The summed E-state index contributed by atoms with van der Waals surface area (Å²) in [6.45, 7) is 2.18.